The van der Waals surface area contributed by atoms with Crippen molar-refractivity contribution in [1.29, 1.82) is 0 Å². The fourth-order valence-electron chi connectivity index (χ4n) is 3.98. The highest BCUT2D eigenvalue weighted by molar-refractivity contribution is 6.36. The molecule has 1 amide bonds. The zero-order valence-electron chi connectivity index (χ0n) is 17.8. The van der Waals surface area contributed by atoms with E-state index in [1.54, 1.807) is 18.2 Å². The summed E-state index contributed by atoms with van der Waals surface area (Å²) >= 11 is 18.7. The Morgan fingerprint density at radius 2 is 1.58 bits per heavy atom. The average Bonchev–Trinajstić information content (AvgIpc) is 3.22. The molecular formula is C25H20Cl3N3O2. The summed E-state index contributed by atoms with van der Waals surface area (Å²) in [5.41, 5.74) is 3.51. The molecule has 5 nitrogen and oxygen atoms in total. The quantitative estimate of drug-likeness (QED) is 0.322. The number of hydrogen-bond acceptors (Lipinski definition) is 4. The summed E-state index contributed by atoms with van der Waals surface area (Å²) in [6.07, 6.45) is 0. The van der Waals surface area contributed by atoms with Gasteiger partial charge in [0.15, 0.2) is 5.76 Å². The number of rotatable bonds is 3. The van der Waals surface area contributed by atoms with Gasteiger partial charge in [0.2, 0.25) is 5.71 Å². The maximum absolute atomic E-state index is 13.1. The summed E-state index contributed by atoms with van der Waals surface area (Å²) in [5.74, 6) is 0.156. The SMILES string of the molecule is CN1CCN(C(=O)c2cc3cc(-c4ccc(Cl)cc4)c(-c4ccc(Cl)cc4Cl)nc3o2)CC1. The molecule has 0 spiro atoms. The minimum atomic E-state index is -0.125. The van der Waals surface area contributed by atoms with Gasteiger partial charge in [0.05, 0.1) is 10.7 Å². The van der Waals surface area contributed by atoms with E-state index in [4.69, 9.17) is 44.2 Å². The number of likely N-dealkylation sites (N-methyl/N-ethyl adjacent to an activating group) is 1. The minimum Gasteiger partial charge on any atom is -0.433 e. The molecule has 0 aliphatic carbocycles. The Hall–Kier alpha value is -2.57. The van der Waals surface area contributed by atoms with Crippen molar-refractivity contribution in [3.63, 3.8) is 0 Å². The normalized spacial score (nSPS) is 14.7. The number of carbonyl (C=O) groups excluding carboxylic acids is 1. The van der Waals surface area contributed by atoms with E-state index in [1.165, 1.54) is 0 Å². The topological polar surface area (TPSA) is 49.6 Å². The lowest BCUT2D eigenvalue weighted by Crippen LogP contribution is -2.47. The Kier molecular flexibility index (Phi) is 6.06. The lowest BCUT2D eigenvalue weighted by atomic mass is 9.98. The first-order valence-corrected chi connectivity index (χ1v) is 11.7. The summed E-state index contributed by atoms with van der Waals surface area (Å²) in [6, 6.07) is 16.5. The Labute approximate surface area is 206 Å². The summed E-state index contributed by atoms with van der Waals surface area (Å²) in [4.78, 5) is 21.9. The van der Waals surface area contributed by atoms with Crippen molar-refractivity contribution >= 4 is 51.8 Å². The number of piperazine rings is 1. The van der Waals surface area contributed by atoms with Crippen LogP contribution in [-0.2, 0) is 0 Å². The van der Waals surface area contributed by atoms with Crippen LogP contribution in [0.2, 0.25) is 15.1 Å². The second-order valence-corrected chi connectivity index (χ2v) is 9.40. The predicted octanol–water partition coefficient (Wildman–Crippen LogP) is 6.51. The van der Waals surface area contributed by atoms with Crippen molar-refractivity contribution in [2.24, 2.45) is 0 Å². The summed E-state index contributed by atoms with van der Waals surface area (Å²) in [6.45, 7) is 3.01. The number of nitrogens with zero attached hydrogens (tertiary/aromatic N) is 3. The summed E-state index contributed by atoms with van der Waals surface area (Å²) in [7, 11) is 2.05. The van der Waals surface area contributed by atoms with Gasteiger partial charge in [-0.2, -0.15) is 0 Å². The standard InChI is InChI=1S/C25H20Cl3N3O2/c1-30-8-10-31(11-9-30)25(32)22-13-16-12-20(15-2-4-17(26)5-3-15)23(29-24(16)33-22)19-7-6-18(27)14-21(19)28/h2-7,12-14H,8-11H2,1H3. The number of benzene rings is 2. The molecule has 2 aromatic heterocycles. The third-order valence-corrected chi connectivity index (χ3v) is 6.65. The number of fused-ring (bicyclic) bond motifs is 1. The molecule has 0 bridgehead atoms. The third kappa shape index (κ3) is 4.46. The van der Waals surface area contributed by atoms with E-state index in [1.807, 2.05) is 41.3 Å². The molecule has 1 aliphatic heterocycles. The molecule has 1 saturated heterocycles. The minimum absolute atomic E-state index is 0.125. The van der Waals surface area contributed by atoms with E-state index in [2.05, 4.69) is 11.9 Å². The molecule has 0 radical (unpaired) electrons. The molecule has 0 unspecified atom stereocenters. The van der Waals surface area contributed by atoms with Gasteiger partial charge in [-0.25, -0.2) is 4.98 Å². The lowest BCUT2D eigenvalue weighted by Gasteiger charge is -2.31. The van der Waals surface area contributed by atoms with Crippen molar-refractivity contribution in [3.05, 3.63) is 75.4 Å². The molecule has 4 aromatic rings. The van der Waals surface area contributed by atoms with Crippen molar-refractivity contribution in [1.82, 2.24) is 14.8 Å². The second kappa shape index (κ2) is 8.99. The Bertz CT molecular complexity index is 1340. The van der Waals surface area contributed by atoms with Gasteiger partial charge in [0.25, 0.3) is 5.91 Å². The highest BCUT2D eigenvalue weighted by Gasteiger charge is 2.24. The van der Waals surface area contributed by atoms with Gasteiger partial charge in [-0.15, -0.1) is 0 Å². The van der Waals surface area contributed by atoms with Crippen LogP contribution in [0.3, 0.4) is 0 Å². The monoisotopic (exact) mass is 499 g/mol. The molecule has 1 fully saturated rings. The number of aromatic nitrogens is 1. The molecule has 0 saturated carbocycles. The Morgan fingerprint density at radius 1 is 0.879 bits per heavy atom. The maximum atomic E-state index is 13.1. The van der Waals surface area contributed by atoms with Gasteiger partial charge < -0.3 is 14.2 Å². The molecule has 0 N–H and O–H groups in total. The van der Waals surface area contributed by atoms with Crippen LogP contribution >= 0.6 is 34.8 Å². The summed E-state index contributed by atoms with van der Waals surface area (Å²) in [5, 5.41) is 2.40. The van der Waals surface area contributed by atoms with Crippen molar-refractivity contribution in [2.75, 3.05) is 33.2 Å². The zero-order chi connectivity index (χ0) is 23.1. The lowest BCUT2D eigenvalue weighted by molar-refractivity contribution is 0.0634. The molecule has 168 valence electrons. The molecule has 1 aliphatic rings. The van der Waals surface area contributed by atoms with Crippen LogP contribution in [0.5, 0.6) is 0 Å². The van der Waals surface area contributed by atoms with Gasteiger partial charge in [0, 0.05) is 52.7 Å². The van der Waals surface area contributed by atoms with Gasteiger partial charge in [-0.1, -0.05) is 46.9 Å². The van der Waals surface area contributed by atoms with E-state index in [0.29, 0.717) is 39.6 Å². The predicted molar refractivity (Wildman–Crippen MR) is 133 cm³/mol. The summed E-state index contributed by atoms with van der Waals surface area (Å²) < 4.78 is 5.94. The Morgan fingerprint density at radius 3 is 2.27 bits per heavy atom. The fraction of sp³-hybridized carbons (Fsp3) is 0.200. The zero-order valence-corrected chi connectivity index (χ0v) is 20.1. The molecule has 33 heavy (non-hydrogen) atoms. The smallest absolute Gasteiger partial charge is 0.289 e. The first-order valence-electron chi connectivity index (χ1n) is 10.5. The maximum Gasteiger partial charge on any atom is 0.289 e. The molecule has 3 heterocycles. The van der Waals surface area contributed by atoms with Crippen LogP contribution in [0.1, 0.15) is 10.6 Å². The highest BCUT2D eigenvalue weighted by Crippen LogP contribution is 2.38. The van der Waals surface area contributed by atoms with Crippen molar-refractivity contribution < 1.29 is 9.21 Å². The average molecular weight is 501 g/mol. The number of hydrogen-bond donors (Lipinski definition) is 0. The number of pyridine rings is 1. The van der Waals surface area contributed by atoms with Crippen LogP contribution in [0.15, 0.2) is 59.0 Å². The highest BCUT2D eigenvalue weighted by atomic mass is 35.5. The first kappa shape index (κ1) is 22.2. The van der Waals surface area contributed by atoms with E-state index < -0.39 is 0 Å². The number of furan rings is 1. The van der Waals surface area contributed by atoms with Crippen LogP contribution < -0.4 is 0 Å². The number of amides is 1. The number of carbonyl (C=O) groups is 1. The largest absolute Gasteiger partial charge is 0.433 e. The number of halogens is 3. The molecule has 5 rings (SSSR count). The first-order chi connectivity index (χ1) is 15.9. The van der Waals surface area contributed by atoms with E-state index >= 15 is 0 Å². The second-order valence-electron chi connectivity index (χ2n) is 8.12. The van der Waals surface area contributed by atoms with Crippen LogP contribution in [-0.4, -0.2) is 53.9 Å². The van der Waals surface area contributed by atoms with Gasteiger partial charge in [-0.3, -0.25) is 4.79 Å². The fourth-order valence-corrected chi connectivity index (χ4v) is 4.60. The van der Waals surface area contributed by atoms with Gasteiger partial charge in [0.1, 0.15) is 0 Å². The van der Waals surface area contributed by atoms with Crippen molar-refractivity contribution in [2.45, 2.75) is 0 Å². The van der Waals surface area contributed by atoms with Gasteiger partial charge >= 0.3 is 0 Å². The molecule has 0 atom stereocenters. The Balaban J connectivity index is 1.63. The molecular weight excluding hydrogens is 481 g/mol. The third-order valence-electron chi connectivity index (χ3n) is 5.85. The van der Waals surface area contributed by atoms with Crippen LogP contribution in [0, 0.1) is 0 Å². The van der Waals surface area contributed by atoms with E-state index in [0.717, 1.165) is 35.2 Å². The van der Waals surface area contributed by atoms with Gasteiger partial charge in [-0.05, 0) is 55.1 Å². The van der Waals surface area contributed by atoms with Crippen molar-refractivity contribution in [3.8, 4) is 22.4 Å². The van der Waals surface area contributed by atoms with Crippen LogP contribution in [0.4, 0.5) is 0 Å². The van der Waals surface area contributed by atoms with E-state index in [-0.39, 0.29) is 11.7 Å². The molecule has 8 heteroatoms. The van der Waals surface area contributed by atoms with Crippen LogP contribution in [0.25, 0.3) is 33.5 Å². The molecule has 2 aromatic carbocycles. The van der Waals surface area contributed by atoms with E-state index in [9.17, 15) is 4.79 Å².